The van der Waals surface area contributed by atoms with Crippen molar-refractivity contribution in [1.82, 2.24) is 4.90 Å². The zero-order chi connectivity index (χ0) is 24.5. The number of nitrogens with one attached hydrogen (secondary N) is 1. The van der Waals surface area contributed by atoms with Gasteiger partial charge in [-0.2, -0.15) is 0 Å². The maximum atomic E-state index is 12.8. The van der Waals surface area contributed by atoms with E-state index in [0.29, 0.717) is 18.8 Å². The van der Waals surface area contributed by atoms with Gasteiger partial charge in [0.15, 0.2) is 0 Å². The quantitative estimate of drug-likeness (QED) is 0.560. The van der Waals surface area contributed by atoms with Crippen LogP contribution in [0.25, 0.3) is 0 Å². The molecule has 1 aliphatic heterocycles. The van der Waals surface area contributed by atoms with Crippen molar-refractivity contribution in [3.05, 3.63) is 53.6 Å². The number of hydrogen-bond donors (Lipinski definition) is 1. The average molecular weight is 470 g/mol. The monoisotopic (exact) mass is 469 g/mol. The van der Waals surface area contributed by atoms with Gasteiger partial charge < -0.3 is 29.3 Å². The zero-order valence-electron chi connectivity index (χ0n) is 19.8. The SMILES string of the molecule is CCOC(=O)c1cc(NCC(=O)N2CCN(c3ccc(OC)cc3)CC2)cc(C(=O)OCC)c1. The second kappa shape index (κ2) is 11.9. The van der Waals surface area contributed by atoms with E-state index in [1.54, 1.807) is 38.0 Å². The molecule has 0 aliphatic carbocycles. The van der Waals surface area contributed by atoms with E-state index in [2.05, 4.69) is 10.2 Å². The average Bonchev–Trinajstić information content (AvgIpc) is 2.87. The van der Waals surface area contributed by atoms with E-state index in [9.17, 15) is 14.4 Å². The van der Waals surface area contributed by atoms with Gasteiger partial charge in [-0.05, 0) is 56.3 Å². The molecule has 1 heterocycles. The highest BCUT2D eigenvalue weighted by atomic mass is 16.5. The summed E-state index contributed by atoms with van der Waals surface area (Å²) >= 11 is 0. The lowest BCUT2D eigenvalue weighted by Gasteiger charge is -2.36. The first kappa shape index (κ1) is 24.9. The van der Waals surface area contributed by atoms with Crippen LogP contribution in [0.4, 0.5) is 11.4 Å². The largest absolute Gasteiger partial charge is 0.497 e. The summed E-state index contributed by atoms with van der Waals surface area (Å²) in [6.45, 7) is 6.54. The lowest BCUT2D eigenvalue weighted by Crippen LogP contribution is -2.50. The summed E-state index contributed by atoms with van der Waals surface area (Å²) in [5.74, 6) is -0.342. The summed E-state index contributed by atoms with van der Waals surface area (Å²) in [6.07, 6.45) is 0. The smallest absolute Gasteiger partial charge is 0.338 e. The topological polar surface area (TPSA) is 97.4 Å². The Hall–Kier alpha value is -3.75. The fourth-order valence-electron chi connectivity index (χ4n) is 3.69. The number of methoxy groups -OCH3 is 1. The summed E-state index contributed by atoms with van der Waals surface area (Å²) in [7, 11) is 1.64. The lowest BCUT2D eigenvalue weighted by molar-refractivity contribution is -0.129. The van der Waals surface area contributed by atoms with E-state index in [4.69, 9.17) is 14.2 Å². The van der Waals surface area contributed by atoms with Gasteiger partial charge in [0.25, 0.3) is 0 Å². The first-order chi connectivity index (χ1) is 16.4. The molecule has 9 nitrogen and oxygen atoms in total. The third-order valence-electron chi connectivity index (χ3n) is 5.47. The van der Waals surface area contributed by atoms with Crippen LogP contribution in [0.15, 0.2) is 42.5 Å². The van der Waals surface area contributed by atoms with Gasteiger partial charge in [-0.15, -0.1) is 0 Å². The Morgan fingerprint density at radius 2 is 1.41 bits per heavy atom. The summed E-state index contributed by atoms with van der Waals surface area (Å²) in [5.41, 5.74) is 2.00. The van der Waals surface area contributed by atoms with E-state index < -0.39 is 11.9 Å². The minimum absolute atomic E-state index is 0.0388. The second-order valence-corrected chi connectivity index (χ2v) is 7.66. The number of carbonyl (C=O) groups is 3. The van der Waals surface area contributed by atoms with Gasteiger partial charge in [-0.3, -0.25) is 4.79 Å². The van der Waals surface area contributed by atoms with Crippen LogP contribution in [-0.2, 0) is 14.3 Å². The Bertz CT molecular complexity index is 964. The Morgan fingerprint density at radius 3 is 1.91 bits per heavy atom. The van der Waals surface area contributed by atoms with Gasteiger partial charge in [0, 0.05) is 37.6 Å². The van der Waals surface area contributed by atoms with Crippen LogP contribution >= 0.6 is 0 Å². The van der Waals surface area contributed by atoms with Crippen LogP contribution in [0.2, 0.25) is 0 Å². The molecule has 0 saturated carbocycles. The van der Waals surface area contributed by atoms with Crippen molar-refractivity contribution >= 4 is 29.2 Å². The molecule has 1 fully saturated rings. The van der Waals surface area contributed by atoms with Crippen LogP contribution < -0.4 is 15.0 Å². The number of rotatable bonds is 9. The minimum atomic E-state index is -0.544. The van der Waals surface area contributed by atoms with E-state index in [0.717, 1.165) is 24.5 Å². The molecule has 2 aromatic carbocycles. The number of hydrogen-bond acceptors (Lipinski definition) is 8. The summed E-state index contributed by atoms with van der Waals surface area (Å²) in [4.78, 5) is 41.2. The summed E-state index contributed by atoms with van der Waals surface area (Å²) < 4.78 is 15.3. The minimum Gasteiger partial charge on any atom is -0.497 e. The highest BCUT2D eigenvalue weighted by Gasteiger charge is 2.22. The number of amides is 1. The van der Waals surface area contributed by atoms with Crippen LogP contribution in [0.3, 0.4) is 0 Å². The third-order valence-corrected chi connectivity index (χ3v) is 5.47. The molecule has 0 aromatic heterocycles. The highest BCUT2D eigenvalue weighted by Crippen LogP contribution is 2.21. The number of benzene rings is 2. The van der Waals surface area contributed by atoms with Gasteiger partial charge in [-0.25, -0.2) is 9.59 Å². The molecule has 182 valence electrons. The molecular formula is C25H31N3O6. The fourth-order valence-corrected chi connectivity index (χ4v) is 3.69. The van der Waals surface area contributed by atoms with Crippen molar-refractivity contribution in [2.45, 2.75) is 13.8 Å². The van der Waals surface area contributed by atoms with E-state index in [1.165, 1.54) is 6.07 Å². The van der Waals surface area contributed by atoms with Crippen molar-refractivity contribution in [1.29, 1.82) is 0 Å². The fraction of sp³-hybridized carbons (Fsp3) is 0.400. The molecule has 1 saturated heterocycles. The van der Waals surface area contributed by atoms with Crippen LogP contribution in [0.5, 0.6) is 5.75 Å². The maximum Gasteiger partial charge on any atom is 0.338 e. The molecule has 2 aromatic rings. The van der Waals surface area contributed by atoms with E-state index in [1.807, 2.05) is 24.3 Å². The molecule has 34 heavy (non-hydrogen) atoms. The molecular weight excluding hydrogens is 438 g/mol. The molecule has 0 unspecified atom stereocenters. The number of ether oxygens (including phenoxy) is 3. The lowest BCUT2D eigenvalue weighted by atomic mass is 10.1. The number of esters is 2. The zero-order valence-corrected chi connectivity index (χ0v) is 19.8. The standard InChI is InChI=1S/C25H31N3O6/c1-4-33-24(30)18-14-19(25(31)34-5-2)16-20(15-18)26-17-23(29)28-12-10-27(11-13-28)21-6-8-22(32-3)9-7-21/h6-9,14-16,26H,4-5,10-13,17H2,1-3H3. The van der Waals surface area contributed by atoms with Crippen LogP contribution in [0.1, 0.15) is 34.6 Å². The second-order valence-electron chi connectivity index (χ2n) is 7.66. The Labute approximate surface area is 199 Å². The third kappa shape index (κ3) is 6.40. The Kier molecular flexibility index (Phi) is 8.73. The van der Waals surface area contributed by atoms with Gasteiger partial charge in [-0.1, -0.05) is 0 Å². The van der Waals surface area contributed by atoms with Crippen molar-refractivity contribution in [2.24, 2.45) is 0 Å². The Morgan fingerprint density at radius 1 is 0.853 bits per heavy atom. The predicted molar refractivity (Wildman–Crippen MR) is 129 cm³/mol. The molecule has 9 heteroatoms. The summed E-state index contributed by atoms with van der Waals surface area (Å²) in [5, 5.41) is 3.04. The van der Waals surface area contributed by atoms with Crippen LogP contribution in [-0.4, -0.2) is 75.8 Å². The normalized spacial score (nSPS) is 13.3. The van der Waals surface area contributed by atoms with E-state index >= 15 is 0 Å². The number of piperazine rings is 1. The molecule has 0 radical (unpaired) electrons. The maximum absolute atomic E-state index is 12.8. The van der Waals surface area contributed by atoms with E-state index in [-0.39, 0.29) is 36.8 Å². The molecule has 3 rings (SSSR count). The number of carbonyl (C=O) groups excluding carboxylic acids is 3. The van der Waals surface area contributed by atoms with Gasteiger partial charge in [0.05, 0.1) is 38.0 Å². The van der Waals surface area contributed by atoms with Gasteiger partial charge in [0.1, 0.15) is 5.75 Å². The Balaban J connectivity index is 1.60. The van der Waals surface area contributed by atoms with Gasteiger partial charge >= 0.3 is 11.9 Å². The summed E-state index contributed by atoms with van der Waals surface area (Å²) in [6, 6.07) is 12.4. The first-order valence-corrected chi connectivity index (χ1v) is 11.3. The van der Waals surface area contributed by atoms with Crippen molar-refractivity contribution in [2.75, 3.05) is 63.3 Å². The molecule has 1 amide bonds. The van der Waals surface area contributed by atoms with Crippen LogP contribution in [0, 0.1) is 0 Å². The molecule has 0 spiro atoms. The predicted octanol–water partition coefficient (Wildman–Crippen LogP) is 2.81. The van der Waals surface area contributed by atoms with Crippen molar-refractivity contribution < 1.29 is 28.6 Å². The van der Waals surface area contributed by atoms with Gasteiger partial charge in [0.2, 0.25) is 5.91 Å². The van der Waals surface area contributed by atoms with Crippen molar-refractivity contribution in [3.63, 3.8) is 0 Å². The highest BCUT2D eigenvalue weighted by molar-refractivity contribution is 5.97. The molecule has 1 N–H and O–H groups in total. The first-order valence-electron chi connectivity index (χ1n) is 11.3. The molecule has 0 atom stereocenters. The van der Waals surface area contributed by atoms with Crippen molar-refractivity contribution in [3.8, 4) is 5.75 Å². The molecule has 1 aliphatic rings. The molecule has 0 bridgehead atoms. The number of nitrogens with zero attached hydrogens (tertiary/aromatic N) is 2. The number of anilines is 2.